The van der Waals surface area contributed by atoms with Crippen molar-refractivity contribution in [1.82, 2.24) is 0 Å². The molecule has 0 bridgehead atoms. The molecule has 7 nitrogen and oxygen atoms in total. The quantitative estimate of drug-likeness (QED) is 0.220. The van der Waals surface area contributed by atoms with Gasteiger partial charge in [0.15, 0.2) is 0 Å². The normalized spacial score (nSPS) is 32.0. The highest BCUT2D eigenvalue weighted by Gasteiger charge is 2.44. The van der Waals surface area contributed by atoms with Crippen LogP contribution in [0, 0.1) is 0 Å². The first-order chi connectivity index (χ1) is 11.1. The molecule has 1 saturated heterocycles. The van der Waals surface area contributed by atoms with Crippen LogP contribution >= 0.6 is 11.8 Å². The minimum absolute atomic E-state index is 0.332. The predicted molar refractivity (Wildman–Crippen MR) is 85.3 cm³/mol. The minimum Gasteiger partial charge on any atom is -0.410 e. The summed E-state index contributed by atoms with van der Waals surface area (Å²) in [4.78, 5) is 0. The van der Waals surface area contributed by atoms with Gasteiger partial charge in [0.2, 0.25) is 0 Å². The predicted octanol–water partition coefficient (Wildman–Crippen LogP) is -0.0600. The van der Waals surface area contributed by atoms with Crippen LogP contribution in [0.2, 0.25) is 0 Å². The van der Waals surface area contributed by atoms with Crippen LogP contribution in [0.4, 0.5) is 0 Å². The van der Waals surface area contributed by atoms with Crippen molar-refractivity contribution >= 4 is 16.8 Å². The number of thioether (sulfide) groups is 1. The summed E-state index contributed by atoms with van der Waals surface area (Å²) in [7, 11) is 0. The minimum atomic E-state index is -1.44. The molecule has 0 unspecified atom stereocenters. The molecule has 1 fully saturated rings. The van der Waals surface area contributed by atoms with Crippen LogP contribution in [0.15, 0.2) is 35.5 Å². The summed E-state index contributed by atoms with van der Waals surface area (Å²) in [5.41, 5.74) is 0.135. The molecule has 0 amide bonds. The molecular formula is C15H21NO6S. The number of hydrogen-bond acceptors (Lipinski definition) is 8. The Morgan fingerprint density at radius 3 is 2.39 bits per heavy atom. The number of aliphatic hydroxyl groups excluding tert-OH is 4. The lowest BCUT2D eigenvalue weighted by molar-refractivity contribution is -0.205. The van der Waals surface area contributed by atoms with Crippen LogP contribution in [0.5, 0.6) is 0 Å². The van der Waals surface area contributed by atoms with E-state index >= 15 is 0 Å². The SMILES string of the molecule is OC[C@H]1O[C@@H](S/C(CCc2ccccc2)=N\O)[C@H](O)[C@@H](O)[C@@H]1O. The van der Waals surface area contributed by atoms with Crippen molar-refractivity contribution in [3.05, 3.63) is 35.9 Å². The average molecular weight is 343 g/mol. The van der Waals surface area contributed by atoms with Gasteiger partial charge in [-0.05, 0) is 12.0 Å². The molecule has 128 valence electrons. The van der Waals surface area contributed by atoms with Crippen molar-refractivity contribution in [2.45, 2.75) is 42.7 Å². The van der Waals surface area contributed by atoms with E-state index < -0.39 is 36.5 Å². The van der Waals surface area contributed by atoms with Gasteiger partial charge in [0, 0.05) is 6.42 Å². The van der Waals surface area contributed by atoms with E-state index in [0.717, 1.165) is 17.3 Å². The standard InChI is InChI=1S/C15H21NO6S/c17-8-10-12(18)13(19)14(20)15(22-10)23-11(16-21)7-6-9-4-2-1-3-5-9/h1-5,10,12-15,17-21H,6-8H2/b16-11-/t10-,12-,13+,14-,15+/m1/s1. The van der Waals surface area contributed by atoms with E-state index in [0.29, 0.717) is 17.9 Å². The number of hydrogen-bond donors (Lipinski definition) is 5. The third-order valence-corrected chi connectivity index (χ3v) is 4.86. The Balaban J connectivity index is 1.95. The maximum absolute atomic E-state index is 9.98. The maximum atomic E-state index is 9.98. The molecule has 1 aromatic carbocycles. The zero-order valence-electron chi connectivity index (χ0n) is 12.4. The zero-order chi connectivity index (χ0) is 16.8. The molecule has 1 heterocycles. The van der Waals surface area contributed by atoms with Gasteiger partial charge in [0.05, 0.1) is 6.61 Å². The number of benzene rings is 1. The number of oxime groups is 1. The largest absolute Gasteiger partial charge is 0.410 e. The fourth-order valence-corrected chi connectivity index (χ4v) is 3.36. The van der Waals surface area contributed by atoms with Gasteiger partial charge < -0.3 is 30.4 Å². The van der Waals surface area contributed by atoms with Crippen molar-refractivity contribution in [3.63, 3.8) is 0 Å². The summed E-state index contributed by atoms with van der Waals surface area (Å²) >= 11 is 0.963. The lowest BCUT2D eigenvalue weighted by Crippen LogP contribution is -2.57. The van der Waals surface area contributed by atoms with Crippen molar-refractivity contribution in [2.24, 2.45) is 5.16 Å². The summed E-state index contributed by atoms with van der Waals surface area (Å²) in [5, 5.41) is 51.3. The molecule has 23 heavy (non-hydrogen) atoms. The summed E-state index contributed by atoms with van der Waals surface area (Å²) in [5.74, 6) is 0. The van der Waals surface area contributed by atoms with Crippen molar-refractivity contribution in [3.8, 4) is 0 Å². The Kier molecular flexibility index (Phi) is 6.82. The molecule has 1 aliphatic heterocycles. The van der Waals surface area contributed by atoms with Crippen LogP contribution < -0.4 is 0 Å². The molecule has 5 N–H and O–H groups in total. The maximum Gasteiger partial charge on any atom is 0.138 e. The van der Waals surface area contributed by atoms with E-state index in [1.165, 1.54) is 0 Å². The van der Waals surface area contributed by atoms with Crippen LogP contribution in [0.25, 0.3) is 0 Å². The highest BCUT2D eigenvalue weighted by molar-refractivity contribution is 8.14. The van der Waals surface area contributed by atoms with Gasteiger partial charge in [-0.2, -0.15) is 0 Å². The second kappa shape index (κ2) is 8.62. The molecular weight excluding hydrogens is 322 g/mol. The molecule has 0 aliphatic carbocycles. The van der Waals surface area contributed by atoms with E-state index in [-0.39, 0.29) is 0 Å². The fourth-order valence-electron chi connectivity index (χ4n) is 2.33. The van der Waals surface area contributed by atoms with Gasteiger partial charge in [-0.25, -0.2) is 0 Å². The second-order valence-electron chi connectivity index (χ2n) is 5.29. The summed E-state index contributed by atoms with van der Waals surface area (Å²) in [6.45, 7) is -0.488. The van der Waals surface area contributed by atoms with Crippen LogP contribution in [0.1, 0.15) is 12.0 Å². The van der Waals surface area contributed by atoms with E-state index in [1.807, 2.05) is 30.3 Å². The molecule has 2 rings (SSSR count). The molecule has 5 atom stereocenters. The van der Waals surface area contributed by atoms with Gasteiger partial charge in [-0.15, -0.1) is 0 Å². The lowest BCUT2D eigenvalue weighted by atomic mass is 10.0. The number of ether oxygens (including phenoxy) is 1. The molecule has 0 aromatic heterocycles. The third kappa shape index (κ3) is 4.66. The first-order valence-corrected chi connectivity index (χ1v) is 8.16. The molecule has 1 aliphatic rings. The average Bonchev–Trinajstić information content (AvgIpc) is 2.59. The molecule has 1 aromatic rings. The van der Waals surface area contributed by atoms with Gasteiger partial charge in [0.25, 0.3) is 0 Å². The van der Waals surface area contributed by atoms with Crippen molar-refractivity contribution < 1.29 is 30.4 Å². The Labute approximate surface area is 138 Å². The Hall–Kier alpha value is -1.16. The summed E-state index contributed by atoms with van der Waals surface area (Å²) in [6, 6.07) is 9.64. The smallest absolute Gasteiger partial charge is 0.138 e. The molecule has 8 heteroatoms. The van der Waals surface area contributed by atoms with E-state index in [4.69, 9.17) is 15.1 Å². The third-order valence-electron chi connectivity index (χ3n) is 3.68. The van der Waals surface area contributed by atoms with Crippen LogP contribution in [-0.2, 0) is 11.2 Å². The van der Waals surface area contributed by atoms with Crippen LogP contribution in [-0.4, -0.2) is 67.1 Å². The van der Waals surface area contributed by atoms with Gasteiger partial charge >= 0.3 is 0 Å². The Morgan fingerprint density at radius 1 is 1.09 bits per heavy atom. The van der Waals surface area contributed by atoms with Gasteiger partial charge in [-0.3, -0.25) is 0 Å². The first-order valence-electron chi connectivity index (χ1n) is 7.29. The monoisotopic (exact) mass is 343 g/mol. The molecule has 0 spiro atoms. The van der Waals surface area contributed by atoms with Gasteiger partial charge in [0.1, 0.15) is 34.9 Å². The number of nitrogens with zero attached hydrogens (tertiary/aromatic N) is 1. The Bertz CT molecular complexity index is 512. The zero-order valence-corrected chi connectivity index (χ0v) is 13.2. The van der Waals surface area contributed by atoms with Gasteiger partial charge in [-0.1, -0.05) is 47.2 Å². The van der Waals surface area contributed by atoms with E-state index in [2.05, 4.69) is 5.16 Å². The van der Waals surface area contributed by atoms with E-state index in [1.54, 1.807) is 0 Å². The number of aliphatic hydroxyl groups is 4. The first kappa shape index (κ1) is 18.2. The van der Waals surface area contributed by atoms with Crippen molar-refractivity contribution in [2.75, 3.05) is 6.61 Å². The highest BCUT2D eigenvalue weighted by Crippen LogP contribution is 2.30. The van der Waals surface area contributed by atoms with Crippen LogP contribution in [0.3, 0.4) is 0 Å². The van der Waals surface area contributed by atoms with Crippen molar-refractivity contribution in [1.29, 1.82) is 0 Å². The Morgan fingerprint density at radius 2 is 1.78 bits per heavy atom. The topological polar surface area (TPSA) is 123 Å². The summed E-state index contributed by atoms with van der Waals surface area (Å²) < 4.78 is 5.38. The lowest BCUT2D eigenvalue weighted by Gasteiger charge is -2.39. The number of aryl methyl sites for hydroxylation is 1. The fraction of sp³-hybridized carbons (Fsp3) is 0.533. The van der Waals surface area contributed by atoms with E-state index in [9.17, 15) is 15.3 Å². The summed E-state index contributed by atoms with van der Waals surface area (Å²) in [6.07, 6.45) is -4.09. The highest BCUT2D eigenvalue weighted by atomic mass is 32.2. The number of rotatable bonds is 5. The second-order valence-corrected chi connectivity index (χ2v) is 6.47. The molecule has 0 radical (unpaired) electrons. The molecule has 0 saturated carbocycles.